The van der Waals surface area contributed by atoms with Gasteiger partial charge < -0.3 is 16.0 Å². The van der Waals surface area contributed by atoms with E-state index in [1.807, 2.05) is 0 Å². The average molecular weight is 282 g/mol. The number of nitrogens with one attached hydrogen (secondary N) is 1. The molecule has 2 rings (SSSR count). The number of nitrogen functional groups attached to an aromatic ring is 1. The molecule has 1 aromatic carbocycles. The Hall–Kier alpha value is -1.75. The molecule has 1 saturated carbocycles. The van der Waals surface area contributed by atoms with Crippen LogP contribution in [0.1, 0.15) is 23.2 Å². The Morgan fingerprint density at radius 3 is 2.74 bits per heavy atom. The van der Waals surface area contributed by atoms with Gasteiger partial charge in [0.1, 0.15) is 0 Å². The van der Waals surface area contributed by atoms with Crippen LogP contribution in [0.5, 0.6) is 0 Å². The molecule has 1 aliphatic rings. The van der Waals surface area contributed by atoms with Crippen LogP contribution in [0.2, 0.25) is 5.02 Å². The maximum absolute atomic E-state index is 12.1. The number of benzene rings is 1. The summed E-state index contributed by atoms with van der Waals surface area (Å²) in [6, 6.07) is 4.98. The third-order valence-electron chi connectivity index (χ3n) is 2.92. The van der Waals surface area contributed by atoms with E-state index >= 15 is 0 Å². The van der Waals surface area contributed by atoms with Gasteiger partial charge in [-0.15, -0.1) is 0 Å². The molecule has 19 heavy (non-hydrogen) atoms. The van der Waals surface area contributed by atoms with Crippen LogP contribution < -0.4 is 11.1 Å². The van der Waals surface area contributed by atoms with Crippen molar-refractivity contribution in [3.8, 4) is 0 Å². The smallest absolute Gasteiger partial charge is 0.254 e. The summed E-state index contributed by atoms with van der Waals surface area (Å²) in [4.78, 5) is 25.1. The molecule has 0 saturated heterocycles. The minimum atomic E-state index is -0.257. The van der Waals surface area contributed by atoms with Crippen molar-refractivity contribution in [2.24, 2.45) is 0 Å². The Morgan fingerprint density at radius 1 is 1.47 bits per heavy atom. The highest BCUT2D eigenvalue weighted by molar-refractivity contribution is 6.33. The minimum Gasteiger partial charge on any atom is -0.398 e. The van der Waals surface area contributed by atoms with Crippen molar-refractivity contribution in [2.45, 2.75) is 18.9 Å². The highest BCUT2D eigenvalue weighted by atomic mass is 35.5. The second-order valence-electron chi connectivity index (χ2n) is 4.74. The molecule has 0 atom stereocenters. The van der Waals surface area contributed by atoms with Crippen LogP contribution in [0, 0.1) is 0 Å². The minimum absolute atomic E-state index is 0.0390. The SMILES string of the molecule is CN(CC(=O)NC1CC1)C(=O)c1ccc(N)c(Cl)c1. The predicted octanol–water partition coefficient (Wildman–Crippen LogP) is 1.27. The molecule has 1 aliphatic carbocycles. The maximum Gasteiger partial charge on any atom is 0.254 e. The number of carbonyl (C=O) groups is 2. The average Bonchev–Trinajstić information content (AvgIpc) is 3.15. The van der Waals surface area contributed by atoms with Gasteiger partial charge in [0.2, 0.25) is 5.91 Å². The first-order valence-electron chi connectivity index (χ1n) is 6.07. The molecule has 1 fully saturated rings. The fourth-order valence-electron chi connectivity index (χ4n) is 1.67. The summed E-state index contributed by atoms with van der Waals surface area (Å²) in [5.74, 6) is -0.396. The number of hydrogen-bond donors (Lipinski definition) is 2. The molecule has 1 aromatic rings. The monoisotopic (exact) mass is 281 g/mol. The number of likely N-dealkylation sites (N-methyl/N-ethyl adjacent to an activating group) is 1. The molecule has 0 radical (unpaired) electrons. The number of nitrogens with two attached hydrogens (primary N) is 1. The Morgan fingerprint density at radius 2 is 2.16 bits per heavy atom. The van der Waals surface area contributed by atoms with Gasteiger partial charge in [0.05, 0.1) is 17.3 Å². The molecule has 0 aliphatic heterocycles. The first-order valence-corrected chi connectivity index (χ1v) is 6.45. The van der Waals surface area contributed by atoms with E-state index in [0.717, 1.165) is 12.8 Å². The van der Waals surface area contributed by atoms with Crippen LogP contribution in [0.25, 0.3) is 0 Å². The third kappa shape index (κ3) is 3.61. The summed E-state index contributed by atoms with van der Waals surface area (Å²) >= 11 is 5.87. The zero-order valence-electron chi connectivity index (χ0n) is 10.6. The second kappa shape index (κ2) is 5.48. The van der Waals surface area contributed by atoms with Gasteiger partial charge in [-0.25, -0.2) is 0 Å². The van der Waals surface area contributed by atoms with Gasteiger partial charge >= 0.3 is 0 Å². The van der Waals surface area contributed by atoms with E-state index in [9.17, 15) is 9.59 Å². The molecule has 5 nitrogen and oxygen atoms in total. The predicted molar refractivity (Wildman–Crippen MR) is 74.0 cm³/mol. The zero-order chi connectivity index (χ0) is 14.0. The van der Waals surface area contributed by atoms with Crippen molar-refractivity contribution in [1.29, 1.82) is 0 Å². The van der Waals surface area contributed by atoms with Crippen molar-refractivity contribution in [2.75, 3.05) is 19.3 Å². The topological polar surface area (TPSA) is 75.4 Å². The van der Waals surface area contributed by atoms with Crippen molar-refractivity contribution in [3.05, 3.63) is 28.8 Å². The molecule has 0 spiro atoms. The Bertz CT molecular complexity index is 515. The molecule has 0 unspecified atom stereocenters. The van der Waals surface area contributed by atoms with Gasteiger partial charge in [0.25, 0.3) is 5.91 Å². The first-order chi connectivity index (χ1) is 8.97. The van der Waals surface area contributed by atoms with E-state index < -0.39 is 0 Å². The van der Waals surface area contributed by atoms with E-state index in [4.69, 9.17) is 17.3 Å². The normalized spacial score (nSPS) is 14.0. The number of carbonyl (C=O) groups excluding carboxylic acids is 2. The van der Waals surface area contributed by atoms with Crippen molar-refractivity contribution < 1.29 is 9.59 Å². The summed E-state index contributed by atoms with van der Waals surface area (Å²) in [5.41, 5.74) is 6.43. The van der Waals surface area contributed by atoms with Crippen LogP contribution >= 0.6 is 11.6 Å². The van der Waals surface area contributed by atoms with Gasteiger partial charge in [-0.1, -0.05) is 11.6 Å². The van der Waals surface area contributed by atoms with E-state index in [1.54, 1.807) is 19.2 Å². The molecule has 3 N–H and O–H groups in total. The molecule has 6 heteroatoms. The number of amides is 2. The van der Waals surface area contributed by atoms with Crippen LogP contribution in [0.3, 0.4) is 0 Å². The summed E-state index contributed by atoms with van der Waals surface area (Å²) in [6.07, 6.45) is 2.05. The van der Waals surface area contributed by atoms with E-state index in [2.05, 4.69) is 5.32 Å². The van der Waals surface area contributed by atoms with Crippen molar-refractivity contribution in [1.82, 2.24) is 10.2 Å². The quantitative estimate of drug-likeness (QED) is 0.816. The molecular weight excluding hydrogens is 266 g/mol. The fourth-order valence-corrected chi connectivity index (χ4v) is 1.85. The molecule has 0 aromatic heterocycles. The van der Waals surface area contributed by atoms with Gasteiger partial charge in [-0.05, 0) is 31.0 Å². The Balaban J connectivity index is 1.97. The van der Waals surface area contributed by atoms with Crippen LogP contribution in [0.15, 0.2) is 18.2 Å². The highest BCUT2D eigenvalue weighted by Crippen LogP contribution is 2.20. The number of halogens is 1. The zero-order valence-corrected chi connectivity index (χ0v) is 11.4. The van der Waals surface area contributed by atoms with Crippen molar-refractivity contribution in [3.63, 3.8) is 0 Å². The van der Waals surface area contributed by atoms with Gasteiger partial charge in [-0.2, -0.15) is 0 Å². The van der Waals surface area contributed by atoms with Crippen molar-refractivity contribution >= 4 is 29.1 Å². The van der Waals surface area contributed by atoms with Gasteiger partial charge in [-0.3, -0.25) is 9.59 Å². The number of hydrogen-bond acceptors (Lipinski definition) is 3. The molecule has 2 amide bonds. The molecular formula is C13H16ClN3O2. The summed E-state index contributed by atoms with van der Waals surface area (Å²) in [7, 11) is 1.58. The fraction of sp³-hybridized carbons (Fsp3) is 0.385. The third-order valence-corrected chi connectivity index (χ3v) is 3.24. The molecule has 0 bridgehead atoms. The first kappa shape index (κ1) is 13.7. The number of anilines is 1. The largest absolute Gasteiger partial charge is 0.398 e. The summed E-state index contributed by atoms with van der Waals surface area (Å²) < 4.78 is 0. The molecule has 0 heterocycles. The standard InChI is InChI=1S/C13H16ClN3O2/c1-17(7-12(18)16-9-3-4-9)13(19)8-2-5-11(15)10(14)6-8/h2,5-6,9H,3-4,7,15H2,1H3,(H,16,18). The Labute approximate surface area is 116 Å². The van der Waals surface area contributed by atoms with Crippen LogP contribution in [0.4, 0.5) is 5.69 Å². The van der Waals surface area contributed by atoms with E-state index in [-0.39, 0.29) is 18.4 Å². The van der Waals surface area contributed by atoms with Gasteiger partial charge in [0.15, 0.2) is 0 Å². The van der Waals surface area contributed by atoms with Gasteiger partial charge in [0, 0.05) is 18.7 Å². The lowest BCUT2D eigenvalue weighted by atomic mass is 10.2. The Kier molecular flexibility index (Phi) is 3.95. The summed E-state index contributed by atoms with van der Waals surface area (Å²) in [5, 5.41) is 3.17. The lowest BCUT2D eigenvalue weighted by molar-refractivity contribution is -0.121. The van der Waals surface area contributed by atoms with Crippen LogP contribution in [-0.2, 0) is 4.79 Å². The van der Waals surface area contributed by atoms with E-state index in [0.29, 0.717) is 22.3 Å². The summed E-state index contributed by atoms with van der Waals surface area (Å²) in [6.45, 7) is 0.0390. The maximum atomic E-state index is 12.1. The second-order valence-corrected chi connectivity index (χ2v) is 5.15. The molecule has 102 valence electrons. The number of rotatable bonds is 4. The highest BCUT2D eigenvalue weighted by Gasteiger charge is 2.24. The lowest BCUT2D eigenvalue weighted by Gasteiger charge is -2.17. The number of nitrogens with zero attached hydrogens (tertiary/aromatic N) is 1. The lowest BCUT2D eigenvalue weighted by Crippen LogP contribution is -2.39. The van der Waals surface area contributed by atoms with E-state index in [1.165, 1.54) is 11.0 Å². The van der Waals surface area contributed by atoms with Crippen LogP contribution in [-0.4, -0.2) is 36.3 Å².